The fourth-order valence-electron chi connectivity index (χ4n) is 2.25. The van der Waals surface area contributed by atoms with Gasteiger partial charge < -0.3 is 5.11 Å². The van der Waals surface area contributed by atoms with E-state index < -0.39 is 5.97 Å². The number of rotatable bonds is 2. The number of hydrogen-bond donors (Lipinski definition) is 1. The maximum absolute atomic E-state index is 10.9. The molecular formula is C12H14BrNO2. The molecular weight excluding hydrogens is 270 g/mol. The Labute approximate surface area is 103 Å². The van der Waals surface area contributed by atoms with Crippen molar-refractivity contribution in [1.29, 1.82) is 0 Å². The third-order valence-corrected chi connectivity index (χ3v) is 3.49. The molecule has 0 spiro atoms. The van der Waals surface area contributed by atoms with E-state index in [0.29, 0.717) is 16.1 Å². The summed E-state index contributed by atoms with van der Waals surface area (Å²) in [5, 5.41) is 8.98. The number of carbonyl (C=O) groups is 1. The average molecular weight is 284 g/mol. The minimum absolute atomic E-state index is 0.322. The fraction of sp³-hybridized carbons (Fsp3) is 0.500. The lowest BCUT2D eigenvalue weighted by Crippen LogP contribution is -2.08. The van der Waals surface area contributed by atoms with Crippen LogP contribution in [0.5, 0.6) is 0 Å². The van der Waals surface area contributed by atoms with Crippen LogP contribution in [0.2, 0.25) is 0 Å². The van der Waals surface area contributed by atoms with Crippen molar-refractivity contribution < 1.29 is 9.90 Å². The number of hydrogen-bond acceptors (Lipinski definition) is 2. The van der Waals surface area contributed by atoms with Gasteiger partial charge in [0, 0.05) is 11.6 Å². The van der Waals surface area contributed by atoms with Gasteiger partial charge in [-0.1, -0.05) is 19.3 Å². The van der Waals surface area contributed by atoms with Crippen molar-refractivity contribution in [1.82, 2.24) is 4.98 Å². The van der Waals surface area contributed by atoms with E-state index in [4.69, 9.17) is 5.11 Å². The summed E-state index contributed by atoms with van der Waals surface area (Å²) in [4.78, 5) is 15.3. The molecule has 3 nitrogen and oxygen atoms in total. The SMILES string of the molecule is O=C(O)c1cc(Br)nc(C2CCCCC2)c1. The van der Waals surface area contributed by atoms with Crippen molar-refractivity contribution in [2.24, 2.45) is 0 Å². The second-order valence-corrected chi connectivity index (χ2v) is 5.06. The number of carboxylic acids is 1. The summed E-state index contributed by atoms with van der Waals surface area (Å²) in [6, 6.07) is 3.26. The van der Waals surface area contributed by atoms with Gasteiger partial charge in [-0.2, -0.15) is 0 Å². The van der Waals surface area contributed by atoms with Gasteiger partial charge in [-0.15, -0.1) is 0 Å². The van der Waals surface area contributed by atoms with Crippen LogP contribution in [0.3, 0.4) is 0 Å². The van der Waals surface area contributed by atoms with Crippen molar-refractivity contribution in [2.75, 3.05) is 0 Å². The number of carboxylic acid groups (broad SMARTS) is 1. The molecule has 4 heteroatoms. The molecule has 0 unspecified atom stereocenters. The number of aromatic nitrogens is 1. The molecule has 0 aromatic carbocycles. The van der Waals surface area contributed by atoms with E-state index in [0.717, 1.165) is 18.5 Å². The van der Waals surface area contributed by atoms with Crippen molar-refractivity contribution in [3.05, 3.63) is 28.0 Å². The zero-order valence-electron chi connectivity index (χ0n) is 8.95. The maximum Gasteiger partial charge on any atom is 0.335 e. The highest BCUT2D eigenvalue weighted by atomic mass is 79.9. The Hall–Kier alpha value is -0.900. The van der Waals surface area contributed by atoms with Gasteiger partial charge in [-0.3, -0.25) is 0 Å². The van der Waals surface area contributed by atoms with Crippen LogP contribution in [0, 0.1) is 0 Å². The van der Waals surface area contributed by atoms with Gasteiger partial charge >= 0.3 is 5.97 Å². The molecule has 1 aliphatic rings. The molecule has 1 aromatic rings. The van der Waals surface area contributed by atoms with E-state index in [1.807, 2.05) is 0 Å². The van der Waals surface area contributed by atoms with Gasteiger partial charge in [0.25, 0.3) is 0 Å². The highest BCUT2D eigenvalue weighted by molar-refractivity contribution is 9.10. The number of aromatic carboxylic acids is 1. The van der Waals surface area contributed by atoms with Crippen molar-refractivity contribution in [3.63, 3.8) is 0 Å². The highest BCUT2D eigenvalue weighted by Crippen LogP contribution is 2.32. The number of halogens is 1. The van der Waals surface area contributed by atoms with Gasteiger partial charge in [-0.25, -0.2) is 9.78 Å². The largest absolute Gasteiger partial charge is 0.478 e. The molecule has 1 saturated carbocycles. The van der Waals surface area contributed by atoms with Crippen LogP contribution in [-0.2, 0) is 0 Å². The van der Waals surface area contributed by atoms with E-state index in [9.17, 15) is 4.79 Å². The van der Waals surface area contributed by atoms with Crippen LogP contribution in [0.25, 0.3) is 0 Å². The zero-order chi connectivity index (χ0) is 11.5. The third kappa shape index (κ3) is 2.61. The van der Waals surface area contributed by atoms with Gasteiger partial charge in [-0.05, 0) is 40.9 Å². The minimum atomic E-state index is -0.889. The van der Waals surface area contributed by atoms with Crippen LogP contribution in [0.15, 0.2) is 16.7 Å². The summed E-state index contributed by atoms with van der Waals surface area (Å²) in [7, 11) is 0. The monoisotopic (exact) mass is 283 g/mol. The standard InChI is InChI=1S/C12H14BrNO2/c13-11-7-9(12(15)16)6-10(14-11)8-4-2-1-3-5-8/h6-8H,1-5H2,(H,15,16). The Bertz CT molecular complexity index is 400. The molecule has 86 valence electrons. The Kier molecular flexibility index (Phi) is 3.59. The van der Waals surface area contributed by atoms with Gasteiger partial charge in [0.2, 0.25) is 0 Å². The fourth-order valence-corrected chi connectivity index (χ4v) is 2.70. The van der Waals surface area contributed by atoms with E-state index in [-0.39, 0.29) is 0 Å². The first-order chi connectivity index (χ1) is 7.66. The molecule has 0 bridgehead atoms. The van der Waals surface area contributed by atoms with Crippen molar-refractivity contribution in [3.8, 4) is 0 Å². The molecule has 1 heterocycles. The summed E-state index contributed by atoms with van der Waals surface area (Å²) in [5.74, 6) is -0.454. The van der Waals surface area contributed by atoms with Crippen LogP contribution in [-0.4, -0.2) is 16.1 Å². The van der Waals surface area contributed by atoms with Gasteiger partial charge in [0.1, 0.15) is 4.60 Å². The predicted octanol–water partition coefficient (Wildman–Crippen LogP) is 3.59. The minimum Gasteiger partial charge on any atom is -0.478 e. The van der Waals surface area contributed by atoms with Crippen molar-refractivity contribution in [2.45, 2.75) is 38.0 Å². The lowest BCUT2D eigenvalue weighted by molar-refractivity contribution is 0.0696. The summed E-state index contributed by atoms with van der Waals surface area (Å²) < 4.78 is 0.618. The second-order valence-electron chi connectivity index (χ2n) is 4.24. The first-order valence-corrected chi connectivity index (χ1v) is 6.37. The number of pyridine rings is 1. The molecule has 16 heavy (non-hydrogen) atoms. The van der Waals surface area contributed by atoms with Crippen molar-refractivity contribution >= 4 is 21.9 Å². The zero-order valence-corrected chi connectivity index (χ0v) is 10.5. The Morgan fingerprint density at radius 3 is 2.62 bits per heavy atom. The van der Waals surface area contributed by atoms with Crippen LogP contribution in [0.1, 0.15) is 54.1 Å². The first-order valence-electron chi connectivity index (χ1n) is 5.57. The van der Waals surface area contributed by atoms with E-state index in [1.54, 1.807) is 12.1 Å². The molecule has 1 fully saturated rings. The Morgan fingerprint density at radius 2 is 2.00 bits per heavy atom. The highest BCUT2D eigenvalue weighted by Gasteiger charge is 2.18. The molecule has 0 radical (unpaired) electrons. The Morgan fingerprint density at radius 1 is 1.31 bits per heavy atom. The molecule has 1 aromatic heterocycles. The summed E-state index contributed by atoms with van der Waals surface area (Å²) in [5.41, 5.74) is 1.24. The lowest BCUT2D eigenvalue weighted by Gasteiger charge is -2.21. The van der Waals surface area contributed by atoms with E-state index in [1.165, 1.54) is 19.3 Å². The number of nitrogens with zero attached hydrogens (tertiary/aromatic N) is 1. The normalized spacial score (nSPS) is 17.3. The molecule has 0 saturated heterocycles. The second kappa shape index (κ2) is 4.95. The summed E-state index contributed by atoms with van der Waals surface area (Å²) in [6.07, 6.45) is 5.99. The average Bonchev–Trinajstić information content (AvgIpc) is 2.29. The molecule has 2 rings (SSSR count). The maximum atomic E-state index is 10.9. The lowest BCUT2D eigenvalue weighted by atomic mass is 9.86. The molecule has 0 amide bonds. The smallest absolute Gasteiger partial charge is 0.335 e. The first kappa shape index (κ1) is 11.6. The molecule has 1 aliphatic carbocycles. The van der Waals surface area contributed by atoms with Crippen LogP contribution < -0.4 is 0 Å². The van der Waals surface area contributed by atoms with E-state index >= 15 is 0 Å². The molecule has 0 aliphatic heterocycles. The molecule has 0 atom stereocenters. The predicted molar refractivity (Wildman–Crippen MR) is 64.7 cm³/mol. The van der Waals surface area contributed by atoms with Crippen LogP contribution in [0.4, 0.5) is 0 Å². The molecule has 1 N–H and O–H groups in total. The van der Waals surface area contributed by atoms with E-state index in [2.05, 4.69) is 20.9 Å². The third-order valence-electron chi connectivity index (χ3n) is 3.08. The quantitative estimate of drug-likeness (QED) is 0.844. The Balaban J connectivity index is 2.28. The summed E-state index contributed by atoms with van der Waals surface area (Å²) >= 11 is 3.27. The topological polar surface area (TPSA) is 50.2 Å². The van der Waals surface area contributed by atoms with Gasteiger partial charge in [0.05, 0.1) is 5.56 Å². The van der Waals surface area contributed by atoms with Gasteiger partial charge in [0.15, 0.2) is 0 Å². The summed E-state index contributed by atoms with van der Waals surface area (Å²) in [6.45, 7) is 0. The van der Waals surface area contributed by atoms with Crippen LogP contribution >= 0.6 is 15.9 Å².